The summed E-state index contributed by atoms with van der Waals surface area (Å²) in [5.74, 6) is 1.33. The molecule has 1 saturated heterocycles. The lowest BCUT2D eigenvalue weighted by Gasteiger charge is -2.56. The van der Waals surface area contributed by atoms with E-state index in [4.69, 9.17) is 4.74 Å². The Morgan fingerprint density at radius 3 is 2.72 bits per heavy atom. The van der Waals surface area contributed by atoms with Crippen molar-refractivity contribution in [3.63, 3.8) is 0 Å². The Balaban J connectivity index is 1.54. The Morgan fingerprint density at radius 1 is 1.28 bits per heavy atom. The molecule has 5 rings (SSSR count). The number of aliphatic hydroxyl groups excluding tert-OH is 1. The molecule has 1 aromatic heterocycles. The predicted molar refractivity (Wildman–Crippen MR) is 121 cm³/mol. The van der Waals surface area contributed by atoms with E-state index in [0.717, 1.165) is 47.2 Å². The Bertz CT molecular complexity index is 1040. The highest BCUT2D eigenvalue weighted by Crippen LogP contribution is 2.49. The van der Waals surface area contributed by atoms with E-state index in [0.29, 0.717) is 38.5 Å². The summed E-state index contributed by atoms with van der Waals surface area (Å²) in [5, 5.41) is 14.3. The van der Waals surface area contributed by atoms with Crippen LogP contribution in [0.25, 0.3) is 10.9 Å². The highest BCUT2D eigenvalue weighted by Gasteiger charge is 2.55. The Labute approximate surface area is 187 Å². The number of ether oxygens (including phenoxy) is 1. The molecule has 32 heavy (non-hydrogen) atoms. The van der Waals surface area contributed by atoms with Crippen molar-refractivity contribution in [2.45, 2.75) is 44.1 Å². The van der Waals surface area contributed by atoms with Gasteiger partial charge in [0.15, 0.2) is 0 Å². The van der Waals surface area contributed by atoms with Crippen LogP contribution < -0.4 is 10.1 Å². The molecular weight excluding hydrogens is 408 g/mol. The van der Waals surface area contributed by atoms with Gasteiger partial charge in [-0.1, -0.05) is 6.92 Å². The summed E-state index contributed by atoms with van der Waals surface area (Å²) in [4.78, 5) is 33.0. The minimum absolute atomic E-state index is 0.0549. The number of carbonyl (C=O) groups excluding carboxylic acids is 2. The smallest absolute Gasteiger partial charge is 0.317 e. The van der Waals surface area contributed by atoms with Crippen LogP contribution in [0, 0.1) is 5.92 Å². The second-order valence-corrected chi connectivity index (χ2v) is 9.56. The topological polar surface area (TPSA) is 97.9 Å². The molecule has 2 fully saturated rings. The monoisotopic (exact) mass is 440 g/mol. The van der Waals surface area contributed by atoms with Crippen molar-refractivity contribution in [3.8, 4) is 5.75 Å². The summed E-state index contributed by atoms with van der Waals surface area (Å²) in [6.45, 7) is 4.18. The number of methoxy groups -OCH3 is 1. The first-order chi connectivity index (χ1) is 15.5. The summed E-state index contributed by atoms with van der Waals surface area (Å²) in [6, 6.07) is 5.48. The van der Waals surface area contributed by atoms with E-state index in [1.54, 1.807) is 7.11 Å². The Kier molecular flexibility index (Phi) is 5.28. The number of nitrogens with one attached hydrogen (secondary N) is 2. The van der Waals surface area contributed by atoms with E-state index in [-0.39, 0.29) is 24.0 Å². The van der Waals surface area contributed by atoms with E-state index in [1.165, 1.54) is 0 Å². The fourth-order valence-corrected chi connectivity index (χ4v) is 5.38. The quantitative estimate of drug-likeness (QED) is 0.643. The average Bonchev–Trinajstić information content (AvgIpc) is 3.50. The molecule has 172 valence electrons. The lowest BCUT2D eigenvalue weighted by molar-refractivity contribution is -0.138. The average molecular weight is 441 g/mol. The Morgan fingerprint density at radius 2 is 2.06 bits per heavy atom. The molecule has 1 aromatic carbocycles. The number of hydrogen-bond donors (Lipinski definition) is 3. The molecule has 3 heterocycles. The van der Waals surface area contributed by atoms with Crippen molar-refractivity contribution in [2.24, 2.45) is 5.92 Å². The summed E-state index contributed by atoms with van der Waals surface area (Å²) in [5.41, 5.74) is 2.61. The van der Waals surface area contributed by atoms with Gasteiger partial charge in [-0.05, 0) is 42.9 Å². The molecule has 2 aliphatic heterocycles. The number of aromatic amines is 1. The van der Waals surface area contributed by atoms with Gasteiger partial charge in [0.25, 0.3) is 0 Å². The van der Waals surface area contributed by atoms with Crippen LogP contribution in [0.1, 0.15) is 49.9 Å². The lowest BCUT2D eigenvalue weighted by Crippen LogP contribution is -2.69. The van der Waals surface area contributed by atoms with Crippen molar-refractivity contribution in [2.75, 3.05) is 39.9 Å². The van der Waals surface area contributed by atoms with E-state index >= 15 is 0 Å². The van der Waals surface area contributed by atoms with E-state index in [1.807, 2.05) is 34.9 Å². The van der Waals surface area contributed by atoms with Gasteiger partial charge in [-0.3, -0.25) is 4.79 Å². The number of urea groups is 1. The van der Waals surface area contributed by atoms with Crippen molar-refractivity contribution >= 4 is 22.8 Å². The van der Waals surface area contributed by atoms with Crippen LogP contribution in [-0.4, -0.2) is 71.7 Å². The van der Waals surface area contributed by atoms with Crippen molar-refractivity contribution < 1.29 is 19.4 Å². The third-order valence-electron chi connectivity index (χ3n) is 7.20. The largest absolute Gasteiger partial charge is 0.497 e. The number of H-pyrrole nitrogens is 1. The van der Waals surface area contributed by atoms with Crippen LogP contribution in [0.3, 0.4) is 0 Å². The predicted octanol–water partition coefficient (Wildman–Crippen LogP) is 2.53. The zero-order chi connectivity index (χ0) is 22.5. The van der Waals surface area contributed by atoms with Gasteiger partial charge in [0.05, 0.1) is 25.2 Å². The molecule has 0 unspecified atom stereocenters. The number of likely N-dealkylation sites (tertiary alicyclic amines) is 1. The van der Waals surface area contributed by atoms with Gasteiger partial charge in [0.2, 0.25) is 5.91 Å². The van der Waals surface area contributed by atoms with E-state index in [9.17, 15) is 14.7 Å². The Hall–Kier alpha value is -2.74. The number of amides is 3. The minimum Gasteiger partial charge on any atom is -0.497 e. The molecule has 2 aromatic rings. The number of aromatic nitrogens is 1. The molecule has 0 radical (unpaired) electrons. The van der Waals surface area contributed by atoms with Crippen LogP contribution in [-0.2, 0) is 10.2 Å². The number of carbonyl (C=O) groups is 2. The molecule has 1 saturated carbocycles. The highest BCUT2D eigenvalue weighted by atomic mass is 16.5. The zero-order valence-electron chi connectivity index (χ0n) is 18.8. The molecule has 1 aliphatic carbocycles. The van der Waals surface area contributed by atoms with Crippen molar-refractivity contribution in [1.29, 1.82) is 0 Å². The van der Waals surface area contributed by atoms with Gasteiger partial charge < -0.3 is 29.9 Å². The molecule has 3 aliphatic rings. The minimum atomic E-state index is -0.400. The van der Waals surface area contributed by atoms with Gasteiger partial charge in [0, 0.05) is 55.3 Å². The van der Waals surface area contributed by atoms with Gasteiger partial charge in [0.1, 0.15) is 5.75 Å². The highest BCUT2D eigenvalue weighted by molar-refractivity contribution is 5.90. The number of benzene rings is 1. The molecule has 8 heteroatoms. The first kappa shape index (κ1) is 21.1. The zero-order valence-corrected chi connectivity index (χ0v) is 18.8. The number of fused-ring (bicyclic) bond motifs is 4. The molecule has 3 N–H and O–H groups in total. The summed E-state index contributed by atoms with van der Waals surface area (Å²) < 4.78 is 5.40. The van der Waals surface area contributed by atoms with Crippen molar-refractivity contribution in [1.82, 2.24) is 20.1 Å². The summed E-state index contributed by atoms with van der Waals surface area (Å²) in [6.07, 6.45) is 3.64. The normalized spacial score (nSPS) is 21.4. The van der Waals surface area contributed by atoms with Crippen LogP contribution in [0.15, 0.2) is 18.2 Å². The molecule has 1 spiro atoms. The second kappa shape index (κ2) is 7.99. The SMILES string of the molecule is CCCNC(=O)N1CC2(C1)CN(C(=O)CC1CC1)[C@H](CO)c1[nH]c3cc(OC)ccc3c12. The van der Waals surface area contributed by atoms with Crippen LogP contribution in [0.5, 0.6) is 5.75 Å². The number of aliphatic hydroxyl groups is 1. The fraction of sp³-hybridized carbons (Fsp3) is 0.583. The van der Waals surface area contributed by atoms with E-state index in [2.05, 4.69) is 10.3 Å². The fourth-order valence-electron chi connectivity index (χ4n) is 5.38. The summed E-state index contributed by atoms with van der Waals surface area (Å²) in [7, 11) is 1.64. The molecule has 0 bridgehead atoms. The summed E-state index contributed by atoms with van der Waals surface area (Å²) >= 11 is 0. The third kappa shape index (κ3) is 3.41. The van der Waals surface area contributed by atoms with Gasteiger partial charge >= 0.3 is 6.03 Å². The van der Waals surface area contributed by atoms with Gasteiger partial charge in [-0.2, -0.15) is 0 Å². The van der Waals surface area contributed by atoms with Gasteiger partial charge in [-0.25, -0.2) is 4.79 Å². The van der Waals surface area contributed by atoms with Gasteiger partial charge in [-0.15, -0.1) is 0 Å². The first-order valence-corrected chi connectivity index (χ1v) is 11.6. The standard InChI is InChI=1S/C24H32N4O4/c1-3-8-25-23(31)27-12-24(13-27)14-28(20(30)9-15-4-5-15)19(11-29)22-21(24)17-7-6-16(32-2)10-18(17)26-22/h6-7,10,15,19,26,29H,3-5,8-9,11-14H2,1-2H3,(H,25,31)/t19-/m1/s1. The maximum absolute atomic E-state index is 13.2. The molecule has 3 amide bonds. The van der Waals surface area contributed by atoms with Crippen LogP contribution in [0.4, 0.5) is 4.79 Å². The van der Waals surface area contributed by atoms with Crippen LogP contribution in [0.2, 0.25) is 0 Å². The maximum Gasteiger partial charge on any atom is 0.317 e. The number of nitrogens with zero attached hydrogens (tertiary/aromatic N) is 2. The van der Waals surface area contributed by atoms with Crippen LogP contribution >= 0.6 is 0 Å². The first-order valence-electron chi connectivity index (χ1n) is 11.6. The number of hydrogen-bond acceptors (Lipinski definition) is 4. The molecule has 8 nitrogen and oxygen atoms in total. The molecular formula is C24H32N4O4. The third-order valence-corrected chi connectivity index (χ3v) is 7.20. The van der Waals surface area contributed by atoms with Crippen molar-refractivity contribution in [3.05, 3.63) is 29.5 Å². The number of rotatable bonds is 6. The second-order valence-electron chi connectivity index (χ2n) is 9.56. The maximum atomic E-state index is 13.2. The lowest BCUT2D eigenvalue weighted by atomic mass is 9.68. The molecule has 1 atom stereocenters. The van der Waals surface area contributed by atoms with E-state index < -0.39 is 6.04 Å².